The van der Waals surface area contributed by atoms with Gasteiger partial charge in [-0.25, -0.2) is 4.98 Å². The minimum absolute atomic E-state index is 0.0346. The third-order valence-electron chi connectivity index (χ3n) is 7.19. The van der Waals surface area contributed by atoms with E-state index in [4.69, 9.17) is 9.72 Å². The number of hydrogen-bond donors (Lipinski definition) is 0. The van der Waals surface area contributed by atoms with Gasteiger partial charge in [-0.3, -0.25) is 9.36 Å². The lowest BCUT2D eigenvalue weighted by Crippen LogP contribution is -2.44. The highest BCUT2D eigenvalue weighted by molar-refractivity contribution is 7.98. The fourth-order valence-corrected chi connectivity index (χ4v) is 6.52. The molecule has 2 aromatic rings. The van der Waals surface area contributed by atoms with Crippen LogP contribution in [0.1, 0.15) is 69.5 Å². The second-order valence-electron chi connectivity index (χ2n) is 9.57. The molecule has 1 aromatic heterocycles. The summed E-state index contributed by atoms with van der Waals surface area (Å²) in [6.45, 7) is 4.95. The smallest absolute Gasteiger partial charge is 0.258 e. The van der Waals surface area contributed by atoms with Crippen LogP contribution in [0.4, 0.5) is 0 Å². The SMILES string of the molecule is CSc1nc2c(c(=O)n1[C@@H]1CCOC(C)(C)C1)C1(CCCC1)Cc1ccccc1-2. The van der Waals surface area contributed by atoms with Gasteiger partial charge in [0, 0.05) is 23.6 Å². The van der Waals surface area contributed by atoms with Crippen molar-refractivity contribution in [2.75, 3.05) is 12.9 Å². The molecular formula is C24H30N2O2S. The maximum atomic E-state index is 14.1. The highest BCUT2D eigenvalue weighted by Gasteiger charge is 2.45. The third-order valence-corrected chi connectivity index (χ3v) is 7.85. The summed E-state index contributed by atoms with van der Waals surface area (Å²) < 4.78 is 7.97. The van der Waals surface area contributed by atoms with Gasteiger partial charge in [0.1, 0.15) is 0 Å². The predicted octanol–water partition coefficient (Wildman–Crippen LogP) is 5.13. The summed E-state index contributed by atoms with van der Waals surface area (Å²) in [4.78, 5) is 19.3. The Morgan fingerprint density at radius 1 is 1.21 bits per heavy atom. The molecule has 0 bridgehead atoms. The summed E-state index contributed by atoms with van der Waals surface area (Å²) in [5, 5.41) is 0.848. The van der Waals surface area contributed by atoms with Crippen LogP contribution in [0.25, 0.3) is 11.3 Å². The fraction of sp³-hybridized carbons (Fsp3) is 0.583. The van der Waals surface area contributed by atoms with Gasteiger partial charge in [0.25, 0.3) is 5.56 Å². The van der Waals surface area contributed by atoms with Crippen molar-refractivity contribution in [1.29, 1.82) is 0 Å². The lowest BCUT2D eigenvalue weighted by atomic mass is 9.68. The molecule has 2 fully saturated rings. The largest absolute Gasteiger partial charge is 0.375 e. The fourth-order valence-electron chi connectivity index (χ4n) is 5.91. The Hall–Kier alpha value is -1.59. The topological polar surface area (TPSA) is 44.1 Å². The minimum atomic E-state index is -0.203. The Morgan fingerprint density at radius 3 is 2.69 bits per heavy atom. The highest BCUT2D eigenvalue weighted by Crippen LogP contribution is 2.50. The van der Waals surface area contributed by atoms with E-state index in [0.717, 1.165) is 54.1 Å². The molecule has 4 nitrogen and oxygen atoms in total. The Bertz CT molecular complexity index is 1000. The zero-order valence-corrected chi connectivity index (χ0v) is 18.5. The zero-order valence-electron chi connectivity index (χ0n) is 17.7. The van der Waals surface area contributed by atoms with Gasteiger partial charge in [0.15, 0.2) is 5.16 Å². The van der Waals surface area contributed by atoms with Crippen LogP contribution >= 0.6 is 11.8 Å². The van der Waals surface area contributed by atoms with Crippen LogP contribution in [-0.4, -0.2) is 28.0 Å². The number of hydrogen-bond acceptors (Lipinski definition) is 4. The normalized spacial score (nSPS) is 24.3. The predicted molar refractivity (Wildman–Crippen MR) is 118 cm³/mol. The van der Waals surface area contributed by atoms with Crippen LogP contribution < -0.4 is 5.56 Å². The van der Waals surface area contributed by atoms with Crippen LogP contribution in [0.3, 0.4) is 0 Å². The molecular weight excluding hydrogens is 380 g/mol. The van der Waals surface area contributed by atoms with Gasteiger partial charge in [-0.1, -0.05) is 48.9 Å². The van der Waals surface area contributed by atoms with E-state index in [9.17, 15) is 4.79 Å². The van der Waals surface area contributed by atoms with Crippen molar-refractivity contribution in [2.45, 2.75) is 81.0 Å². The molecule has 2 heterocycles. The molecule has 5 rings (SSSR count). The van der Waals surface area contributed by atoms with Gasteiger partial charge in [0.05, 0.1) is 16.9 Å². The Labute approximate surface area is 177 Å². The van der Waals surface area contributed by atoms with Gasteiger partial charge < -0.3 is 4.74 Å². The summed E-state index contributed by atoms with van der Waals surface area (Å²) in [6, 6.07) is 8.72. The van der Waals surface area contributed by atoms with E-state index in [0.29, 0.717) is 6.61 Å². The first-order valence-electron chi connectivity index (χ1n) is 10.9. The van der Waals surface area contributed by atoms with E-state index in [1.165, 1.54) is 18.4 Å². The molecule has 0 N–H and O–H groups in total. The monoisotopic (exact) mass is 410 g/mol. The maximum absolute atomic E-state index is 14.1. The third kappa shape index (κ3) is 3.09. The van der Waals surface area contributed by atoms with Crippen LogP contribution in [0.2, 0.25) is 0 Å². The van der Waals surface area contributed by atoms with Gasteiger partial charge in [-0.05, 0) is 57.8 Å². The van der Waals surface area contributed by atoms with Crippen LogP contribution in [-0.2, 0) is 16.6 Å². The number of fused-ring (bicyclic) bond motifs is 4. The average Bonchev–Trinajstić information content (AvgIpc) is 3.15. The first-order chi connectivity index (χ1) is 13.9. The molecule has 1 saturated carbocycles. The number of thioether (sulfide) groups is 1. The van der Waals surface area contributed by atoms with Gasteiger partial charge in [-0.15, -0.1) is 0 Å². The van der Waals surface area contributed by atoms with Crippen LogP contribution in [0.15, 0.2) is 34.2 Å². The number of benzene rings is 1. The second-order valence-corrected chi connectivity index (χ2v) is 10.3. The second kappa shape index (κ2) is 6.98. The van der Waals surface area contributed by atoms with Crippen LogP contribution in [0, 0.1) is 0 Å². The first-order valence-corrected chi connectivity index (χ1v) is 12.1. The molecule has 2 aliphatic carbocycles. The van der Waals surface area contributed by atoms with E-state index in [2.05, 4.69) is 38.1 Å². The van der Waals surface area contributed by atoms with E-state index >= 15 is 0 Å². The van der Waals surface area contributed by atoms with Crippen molar-refractivity contribution in [3.05, 3.63) is 45.7 Å². The molecule has 3 aliphatic rings. The van der Waals surface area contributed by atoms with Crippen LogP contribution in [0.5, 0.6) is 0 Å². The number of aromatic nitrogens is 2. The Morgan fingerprint density at radius 2 is 1.97 bits per heavy atom. The summed E-state index contributed by atoms with van der Waals surface area (Å²) in [5.41, 5.74) is 4.43. The Kier molecular flexibility index (Phi) is 4.67. The van der Waals surface area contributed by atoms with Crippen molar-refractivity contribution in [3.8, 4) is 11.3 Å². The Balaban J connectivity index is 1.76. The quantitative estimate of drug-likeness (QED) is 0.508. The molecule has 1 atom stereocenters. The first kappa shape index (κ1) is 19.4. The lowest BCUT2D eigenvalue weighted by Gasteiger charge is -2.39. The minimum Gasteiger partial charge on any atom is -0.375 e. The number of nitrogens with zero attached hydrogens (tertiary/aromatic N) is 2. The molecule has 1 spiro atoms. The molecule has 1 aliphatic heterocycles. The lowest BCUT2D eigenvalue weighted by molar-refractivity contribution is -0.0710. The molecule has 0 unspecified atom stereocenters. The van der Waals surface area contributed by atoms with Crippen molar-refractivity contribution >= 4 is 11.8 Å². The highest BCUT2D eigenvalue weighted by atomic mass is 32.2. The van der Waals surface area contributed by atoms with Crippen molar-refractivity contribution < 1.29 is 4.74 Å². The molecule has 0 amide bonds. The summed E-state index contributed by atoms with van der Waals surface area (Å²) in [5.74, 6) is 0. The van der Waals surface area contributed by atoms with E-state index in [-0.39, 0.29) is 22.6 Å². The van der Waals surface area contributed by atoms with Gasteiger partial charge >= 0.3 is 0 Å². The number of rotatable bonds is 2. The van der Waals surface area contributed by atoms with Gasteiger partial charge in [0.2, 0.25) is 0 Å². The average molecular weight is 411 g/mol. The van der Waals surface area contributed by atoms with E-state index in [1.807, 2.05) is 10.8 Å². The molecule has 5 heteroatoms. The summed E-state index contributed by atoms with van der Waals surface area (Å²) in [6.07, 6.45) is 9.35. The molecule has 1 aromatic carbocycles. The van der Waals surface area contributed by atoms with E-state index < -0.39 is 0 Å². The standard InChI is InChI=1S/C24H30N2O2S/c1-23(2)15-17(10-13-28-23)26-21(27)19-20(25-22(26)29-3)18-9-5-4-8-16(18)14-24(19)11-6-7-12-24/h4-5,8-9,17H,6-7,10-15H2,1-3H3/t17-/m1/s1. The maximum Gasteiger partial charge on any atom is 0.258 e. The molecule has 154 valence electrons. The van der Waals surface area contributed by atoms with Crippen molar-refractivity contribution in [1.82, 2.24) is 9.55 Å². The van der Waals surface area contributed by atoms with Gasteiger partial charge in [-0.2, -0.15) is 0 Å². The summed E-state index contributed by atoms with van der Waals surface area (Å²) in [7, 11) is 0. The molecule has 0 radical (unpaired) electrons. The summed E-state index contributed by atoms with van der Waals surface area (Å²) >= 11 is 1.59. The van der Waals surface area contributed by atoms with Crippen molar-refractivity contribution in [2.24, 2.45) is 0 Å². The molecule has 1 saturated heterocycles. The zero-order chi connectivity index (χ0) is 20.2. The van der Waals surface area contributed by atoms with E-state index in [1.54, 1.807) is 11.8 Å². The van der Waals surface area contributed by atoms with Crippen molar-refractivity contribution in [3.63, 3.8) is 0 Å². The molecule has 29 heavy (non-hydrogen) atoms. The number of ether oxygens (including phenoxy) is 1.